The molecule has 4 aromatic rings. The average Bonchev–Trinajstić information content (AvgIpc) is 2.87. The number of methoxy groups -OCH3 is 2. The third-order valence-electron chi connectivity index (χ3n) is 5.63. The molecule has 0 atom stereocenters. The van der Waals surface area contributed by atoms with Crippen molar-refractivity contribution in [2.75, 3.05) is 19.5 Å². The average molecular weight is 477 g/mol. The van der Waals surface area contributed by atoms with Crippen LogP contribution in [0.1, 0.15) is 5.56 Å². The maximum atomic E-state index is 13.4. The molecule has 0 aliphatic rings. The Bertz CT molecular complexity index is 1480. The molecule has 1 heterocycles. The second kappa shape index (κ2) is 10.3. The molecule has 0 unspecified atom stereocenters. The summed E-state index contributed by atoms with van der Waals surface area (Å²) in [6.45, 7) is -0.237. The standard InChI is InChI=1S/C26H24FN3O5/c1-34-22-14-20-21(15-23(22)35-2)30(16-24(31)28-19-10-8-18(27)9-11-19)26(33)29(25(20)32)13-12-17-6-4-3-5-7-17/h3-11,14-15H,12-13,16H2,1-2H3,(H,28,31). The second-order valence-electron chi connectivity index (χ2n) is 7.84. The second-order valence-corrected chi connectivity index (χ2v) is 7.84. The molecule has 0 saturated carbocycles. The van der Waals surface area contributed by atoms with E-state index in [1.807, 2.05) is 30.3 Å². The Hall–Kier alpha value is -4.40. The summed E-state index contributed by atoms with van der Waals surface area (Å²) >= 11 is 0. The van der Waals surface area contributed by atoms with E-state index < -0.39 is 23.0 Å². The van der Waals surface area contributed by atoms with Crippen molar-refractivity contribution in [3.8, 4) is 11.5 Å². The molecule has 0 aliphatic heterocycles. The number of halogens is 1. The van der Waals surface area contributed by atoms with Crippen molar-refractivity contribution >= 4 is 22.5 Å². The normalized spacial score (nSPS) is 10.8. The lowest BCUT2D eigenvalue weighted by atomic mass is 10.1. The molecule has 0 radical (unpaired) electrons. The van der Waals surface area contributed by atoms with Crippen molar-refractivity contribution in [1.29, 1.82) is 0 Å². The van der Waals surface area contributed by atoms with E-state index in [0.717, 1.165) is 10.1 Å². The van der Waals surface area contributed by atoms with Crippen LogP contribution < -0.4 is 26.0 Å². The number of rotatable bonds is 8. The molecule has 35 heavy (non-hydrogen) atoms. The molecule has 1 amide bonds. The van der Waals surface area contributed by atoms with Crippen LogP contribution in [0.15, 0.2) is 76.3 Å². The van der Waals surface area contributed by atoms with Gasteiger partial charge in [-0.05, 0) is 42.3 Å². The third-order valence-corrected chi connectivity index (χ3v) is 5.63. The summed E-state index contributed by atoms with van der Waals surface area (Å²) in [7, 11) is 2.89. The summed E-state index contributed by atoms with van der Waals surface area (Å²) in [6, 6.07) is 17.8. The van der Waals surface area contributed by atoms with Crippen LogP contribution in [-0.2, 0) is 24.3 Å². The quantitative estimate of drug-likeness (QED) is 0.421. The number of ether oxygens (including phenoxy) is 2. The van der Waals surface area contributed by atoms with E-state index in [-0.39, 0.29) is 24.0 Å². The molecule has 0 saturated heterocycles. The van der Waals surface area contributed by atoms with Crippen molar-refractivity contribution in [2.24, 2.45) is 0 Å². The number of hydrogen-bond donors (Lipinski definition) is 1. The summed E-state index contributed by atoms with van der Waals surface area (Å²) in [5.74, 6) is -0.305. The molecule has 180 valence electrons. The van der Waals surface area contributed by atoms with E-state index in [1.165, 1.54) is 55.2 Å². The zero-order chi connectivity index (χ0) is 24.9. The number of anilines is 1. The highest BCUT2D eigenvalue weighted by molar-refractivity contribution is 5.92. The first-order valence-corrected chi connectivity index (χ1v) is 10.9. The van der Waals surface area contributed by atoms with Crippen LogP contribution in [0.25, 0.3) is 10.9 Å². The number of carbonyl (C=O) groups excluding carboxylic acids is 1. The third kappa shape index (κ3) is 5.08. The van der Waals surface area contributed by atoms with Crippen molar-refractivity contribution < 1.29 is 18.7 Å². The van der Waals surface area contributed by atoms with E-state index in [1.54, 1.807) is 0 Å². The van der Waals surface area contributed by atoms with Gasteiger partial charge in [0.25, 0.3) is 5.56 Å². The number of aryl methyl sites for hydroxylation is 1. The van der Waals surface area contributed by atoms with Gasteiger partial charge in [0.15, 0.2) is 11.5 Å². The van der Waals surface area contributed by atoms with Crippen molar-refractivity contribution in [3.05, 3.63) is 98.9 Å². The lowest BCUT2D eigenvalue weighted by Gasteiger charge is -2.16. The van der Waals surface area contributed by atoms with Gasteiger partial charge >= 0.3 is 5.69 Å². The van der Waals surface area contributed by atoms with Crippen LogP contribution in [-0.4, -0.2) is 29.3 Å². The molecule has 0 spiro atoms. The lowest BCUT2D eigenvalue weighted by Crippen LogP contribution is -2.42. The lowest BCUT2D eigenvalue weighted by molar-refractivity contribution is -0.116. The molecule has 9 heteroatoms. The van der Waals surface area contributed by atoms with E-state index in [4.69, 9.17) is 9.47 Å². The molecule has 0 bridgehead atoms. The maximum Gasteiger partial charge on any atom is 0.331 e. The first-order valence-electron chi connectivity index (χ1n) is 10.9. The highest BCUT2D eigenvalue weighted by atomic mass is 19.1. The number of nitrogens with zero attached hydrogens (tertiary/aromatic N) is 2. The Morgan fingerprint density at radius 2 is 1.57 bits per heavy atom. The topological polar surface area (TPSA) is 91.6 Å². The first-order chi connectivity index (χ1) is 16.9. The fourth-order valence-electron chi connectivity index (χ4n) is 3.86. The molecule has 4 rings (SSSR count). The number of aromatic nitrogens is 2. The summed E-state index contributed by atoms with van der Waals surface area (Å²) in [4.78, 5) is 39.6. The van der Waals surface area contributed by atoms with E-state index >= 15 is 0 Å². The monoisotopic (exact) mass is 477 g/mol. The summed E-state index contributed by atoms with van der Waals surface area (Å²) < 4.78 is 26.2. The van der Waals surface area contributed by atoms with Crippen LogP contribution in [0.5, 0.6) is 11.5 Å². The molecule has 1 N–H and O–H groups in total. The van der Waals surface area contributed by atoms with Gasteiger partial charge in [0.05, 0.1) is 25.1 Å². The number of carbonyl (C=O) groups is 1. The maximum absolute atomic E-state index is 13.4. The Kier molecular flexibility index (Phi) is 6.96. The molecule has 3 aromatic carbocycles. The predicted molar refractivity (Wildman–Crippen MR) is 131 cm³/mol. The summed E-state index contributed by atoms with van der Waals surface area (Å²) in [5, 5.41) is 2.86. The van der Waals surface area contributed by atoms with Gasteiger partial charge in [0, 0.05) is 18.3 Å². The van der Waals surface area contributed by atoms with Crippen LogP contribution in [0.3, 0.4) is 0 Å². The van der Waals surface area contributed by atoms with Gasteiger partial charge in [-0.3, -0.25) is 18.7 Å². The Morgan fingerprint density at radius 3 is 2.23 bits per heavy atom. The van der Waals surface area contributed by atoms with Crippen LogP contribution in [0, 0.1) is 5.82 Å². The van der Waals surface area contributed by atoms with Gasteiger partial charge in [-0.2, -0.15) is 0 Å². The van der Waals surface area contributed by atoms with Crippen LogP contribution >= 0.6 is 0 Å². The van der Waals surface area contributed by atoms with E-state index in [9.17, 15) is 18.8 Å². The van der Waals surface area contributed by atoms with E-state index in [2.05, 4.69) is 5.32 Å². The van der Waals surface area contributed by atoms with E-state index in [0.29, 0.717) is 23.6 Å². The highest BCUT2D eigenvalue weighted by Crippen LogP contribution is 2.30. The van der Waals surface area contributed by atoms with Crippen LogP contribution in [0.2, 0.25) is 0 Å². The Morgan fingerprint density at radius 1 is 0.914 bits per heavy atom. The van der Waals surface area contributed by atoms with Crippen molar-refractivity contribution in [2.45, 2.75) is 19.5 Å². The number of amides is 1. The molecule has 1 aromatic heterocycles. The molecule has 0 aliphatic carbocycles. The van der Waals surface area contributed by atoms with Gasteiger partial charge in [0.1, 0.15) is 12.4 Å². The van der Waals surface area contributed by atoms with Crippen LogP contribution in [0.4, 0.5) is 10.1 Å². The number of fused-ring (bicyclic) bond motifs is 1. The number of hydrogen-bond acceptors (Lipinski definition) is 5. The highest BCUT2D eigenvalue weighted by Gasteiger charge is 2.19. The van der Waals surface area contributed by atoms with Gasteiger partial charge in [-0.25, -0.2) is 9.18 Å². The smallest absolute Gasteiger partial charge is 0.331 e. The number of nitrogens with one attached hydrogen (secondary N) is 1. The molecular weight excluding hydrogens is 453 g/mol. The minimum atomic E-state index is -0.625. The van der Waals surface area contributed by atoms with Crippen molar-refractivity contribution in [3.63, 3.8) is 0 Å². The van der Waals surface area contributed by atoms with Crippen molar-refractivity contribution in [1.82, 2.24) is 9.13 Å². The first kappa shape index (κ1) is 23.7. The van der Waals surface area contributed by atoms with Gasteiger partial charge in [-0.15, -0.1) is 0 Å². The number of benzene rings is 3. The SMILES string of the molecule is COc1cc2c(=O)n(CCc3ccccc3)c(=O)n(CC(=O)Nc3ccc(F)cc3)c2cc1OC. The van der Waals surface area contributed by atoms with Gasteiger partial charge in [0.2, 0.25) is 5.91 Å². The van der Waals surface area contributed by atoms with Gasteiger partial charge < -0.3 is 14.8 Å². The zero-order valence-electron chi connectivity index (χ0n) is 19.3. The molecular formula is C26H24FN3O5. The Labute approximate surface area is 200 Å². The fraction of sp³-hybridized carbons (Fsp3) is 0.192. The minimum absolute atomic E-state index is 0.131. The Balaban J connectivity index is 1.79. The molecule has 8 nitrogen and oxygen atoms in total. The molecule has 0 fully saturated rings. The fourth-order valence-corrected chi connectivity index (χ4v) is 3.86. The summed E-state index contributed by atoms with van der Waals surface area (Å²) in [5.41, 5.74) is 0.470. The zero-order valence-corrected chi connectivity index (χ0v) is 19.3. The predicted octanol–water partition coefficient (Wildman–Crippen LogP) is 3.20. The summed E-state index contributed by atoms with van der Waals surface area (Å²) in [6.07, 6.45) is 0.455. The van der Waals surface area contributed by atoms with Gasteiger partial charge in [-0.1, -0.05) is 30.3 Å². The minimum Gasteiger partial charge on any atom is -0.493 e. The largest absolute Gasteiger partial charge is 0.493 e.